The second-order valence-corrected chi connectivity index (χ2v) is 55.8. The summed E-state index contributed by atoms with van der Waals surface area (Å²) in [5, 5.41) is 22.7. The van der Waals surface area contributed by atoms with Crippen molar-refractivity contribution < 1.29 is 29.0 Å². The van der Waals surface area contributed by atoms with Gasteiger partial charge in [-0.15, -0.1) is 0 Å². The van der Waals surface area contributed by atoms with Gasteiger partial charge in [0, 0.05) is 130 Å². The van der Waals surface area contributed by atoms with Crippen LogP contribution in [0.5, 0.6) is 0 Å². The Labute approximate surface area is 868 Å². The summed E-state index contributed by atoms with van der Waals surface area (Å²) in [7, 11) is 0. The number of hydroxylamine groups is 12. The highest BCUT2D eigenvalue weighted by Gasteiger charge is 2.57. The van der Waals surface area contributed by atoms with Crippen LogP contribution in [0.25, 0.3) is 0 Å². The predicted octanol–water partition coefficient (Wildman–Crippen LogP) is 28.5. The molecule has 0 unspecified atom stereocenters. The molecule has 0 bridgehead atoms. The van der Waals surface area contributed by atoms with Crippen LogP contribution in [0.4, 0.5) is 35.7 Å². The van der Waals surface area contributed by atoms with E-state index in [1.165, 1.54) is 154 Å². The minimum Gasteiger partial charge on any atom is -0.354 e. The first-order chi connectivity index (χ1) is 67.1. The van der Waals surface area contributed by atoms with E-state index >= 15 is 0 Å². The maximum Gasteiger partial charge on any atom is 0.232 e. The van der Waals surface area contributed by atoms with Gasteiger partial charge < -0.3 is 30.2 Å². The summed E-state index contributed by atoms with van der Waals surface area (Å²) in [6.07, 6.45) is 65.4. The topological polar surface area (TPSA) is 189 Å². The van der Waals surface area contributed by atoms with Crippen LogP contribution >= 0.6 is 0 Å². The minimum atomic E-state index is -0.284. The number of piperidine rings is 6. The van der Waals surface area contributed by atoms with Crippen molar-refractivity contribution in [3.8, 4) is 0 Å². The summed E-state index contributed by atoms with van der Waals surface area (Å²) in [6.45, 7) is 68.4. The third-order valence-electron chi connectivity index (χ3n) is 36.2. The van der Waals surface area contributed by atoms with Gasteiger partial charge in [-0.2, -0.15) is 60.3 Å². The van der Waals surface area contributed by atoms with E-state index in [9.17, 15) is 0 Å². The standard InChI is InChI=1S/C118H216N18O6/c1-27-29-73-127(91-81-111(11,12)133(112(13,14)82-91)139-97-63-43-35-44-64-97)103-121-101(119-71-53-51-57-89-77-107(3,4)131(108(5,6)78-89)137-95-59-39-33-40-60-95)123-105(125-103)129(93-85-115(19,20)135(116(21,22)86-93)141-99-67-47-37-48-68-99)75-55-31-32-56-76-130(94-87-117(23,24)136(118(25,26)88-94)142-100-69-49-38-50-70-100)106-124-102(120-72-54-52-58-90-79-109(7,8)132(110(9,10)80-90)138-96-61-41-34-42-62-96)122-104(126-106)128(74-30-28-2)92-83-113(15,16)134(114(17,18)84-92)140-98-65-45-36-46-66-98/h89-100H,27-88H2,1-26H3,(H,119,121,123,125)(H,120,122,124,126). The average molecular weight is 1980 g/mol. The van der Waals surface area contributed by atoms with Gasteiger partial charge >= 0.3 is 0 Å². The summed E-state index contributed by atoms with van der Waals surface area (Å²) in [4.78, 5) is 89.2. The van der Waals surface area contributed by atoms with E-state index in [1.54, 1.807) is 0 Å². The highest BCUT2D eigenvalue weighted by Crippen LogP contribution is 2.53. The molecule has 12 fully saturated rings. The van der Waals surface area contributed by atoms with Gasteiger partial charge in [-0.1, -0.05) is 181 Å². The first-order valence-electron chi connectivity index (χ1n) is 60.0. The molecule has 2 aromatic heterocycles. The zero-order chi connectivity index (χ0) is 102. The summed E-state index contributed by atoms with van der Waals surface area (Å²) >= 11 is 0. The summed E-state index contributed by atoms with van der Waals surface area (Å²) in [6, 6.07) is 0.589. The number of anilines is 6. The Morgan fingerprint density at radius 1 is 0.225 bits per heavy atom. The maximum atomic E-state index is 7.37. The molecule has 6 aliphatic heterocycles. The van der Waals surface area contributed by atoms with E-state index in [1.807, 2.05) is 0 Å². The number of rotatable bonds is 45. The number of nitrogens with one attached hydrogen (secondary N) is 2. The molecule has 0 atom stereocenters. The first kappa shape index (κ1) is 114. The fourth-order valence-corrected chi connectivity index (χ4v) is 31.0. The molecule has 142 heavy (non-hydrogen) atoms. The number of hydrogen-bond donors (Lipinski definition) is 2. The third kappa shape index (κ3) is 29.8. The van der Waals surface area contributed by atoms with E-state index in [0.717, 1.165) is 269 Å². The average Bonchev–Trinajstić information content (AvgIpc) is 0.750. The van der Waals surface area contributed by atoms with Crippen molar-refractivity contribution in [2.45, 2.75) is 667 Å². The van der Waals surface area contributed by atoms with Crippen LogP contribution in [0.1, 0.15) is 540 Å². The van der Waals surface area contributed by atoms with Crippen molar-refractivity contribution in [2.24, 2.45) is 11.8 Å². The van der Waals surface area contributed by atoms with Gasteiger partial charge in [0.15, 0.2) is 0 Å². The van der Waals surface area contributed by atoms with Crippen LogP contribution in [-0.4, -0.2) is 227 Å². The zero-order valence-corrected chi connectivity index (χ0v) is 96.4. The predicted molar refractivity (Wildman–Crippen MR) is 587 cm³/mol. The molecule has 24 nitrogen and oxygen atoms in total. The molecule has 0 spiro atoms. The summed E-state index contributed by atoms with van der Waals surface area (Å²) in [5.74, 6) is 5.89. The Balaban J connectivity index is 0.780. The van der Waals surface area contributed by atoms with E-state index in [4.69, 9.17) is 58.9 Å². The second kappa shape index (κ2) is 49.0. The van der Waals surface area contributed by atoms with Crippen molar-refractivity contribution >= 4 is 35.7 Å². The van der Waals surface area contributed by atoms with E-state index in [0.29, 0.717) is 35.9 Å². The minimum absolute atomic E-state index is 0.0419. The largest absolute Gasteiger partial charge is 0.354 e. The molecule has 0 aromatic carbocycles. The monoisotopic (exact) mass is 1980 g/mol. The number of hydrogen-bond acceptors (Lipinski definition) is 24. The number of unbranched alkanes of at least 4 members (excludes halogenated alkanes) is 7. The van der Waals surface area contributed by atoms with Gasteiger partial charge in [0.25, 0.3) is 0 Å². The molecule has 814 valence electrons. The van der Waals surface area contributed by atoms with E-state index in [-0.39, 0.29) is 115 Å². The Hall–Kier alpha value is -3.66. The Kier molecular flexibility index (Phi) is 39.3. The molecule has 2 N–H and O–H groups in total. The van der Waals surface area contributed by atoms with Crippen LogP contribution in [0.15, 0.2) is 0 Å². The van der Waals surface area contributed by atoms with Gasteiger partial charge in [0.1, 0.15) is 0 Å². The summed E-state index contributed by atoms with van der Waals surface area (Å²) in [5.41, 5.74) is -2.26. The molecule has 12 aliphatic rings. The lowest BCUT2D eigenvalue weighted by Gasteiger charge is -2.57. The lowest BCUT2D eigenvalue weighted by Crippen LogP contribution is -2.65. The summed E-state index contributed by atoms with van der Waals surface area (Å²) < 4.78 is 0. The molecular formula is C118H216N18O6. The molecule has 0 amide bonds. The van der Waals surface area contributed by atoms with Crippen molar-refractivity contribution in [1.29, 1.82) is 0 Å². The maximum absolute atomic E-state index is 7.37. The Morgan fingerprint density at radius 3 is 0.599 bits per heavy atom. The van der Waals surface area contributed by atoms with Gasteiger partial charge in [-0.3, -0.25) is 29.0 Å². The highest BCUT2D eigenvalue weighted by molar-refractivity contribution is 5.49. The van der Waals surface area contributed by atoms with Crippen molar-refractivity contribution in [2.75, 3.05) is 69.5 Å². The lowest BCUT2D eigenvalue weighted by molar-refractivity contribution is -0.314. The van der Waals surface area contributed by atoms with E-state index in [2.05, 4.69) is 241 Å². The quantitative estimate of drug-likeness (QED) is 0.0595. The molecule has 14 rings (SSSR count). The SMILES string of the molecule is CCCCN(c1nc(NCCCCC2CC(C)(C)N(OC3CCCCC3)C(C)(C)C2)nc(N(CCCCCCN(c2nc(NCCCCC3CC(C)(C)N(OC4CCCCC4)C(C)(C)C3)nc(N(CCCC)C3CC(C)(C)N(OC4CCCCC4)C(C)(C)C3)n2)C2CC(C)(C)N(OC3CCCCC3)C(C)(C)C2)C2CC(C)(C)N(OC3CCCCC3)C(C)(C)C2)n1)C1CC(C)(C)N(OC2CCCCC2)C(C)(C)C1. The Morgan fingerprint density at radius 2 is 0.408 bits per heavy atom. The second-order valence-electron chi connectivity index (χ2n) is 55.8. The van der Waals surface area contributed by atoms with Crippen LogP contribution in [0.2, 0.25) is 0 Å². The van der Waals surface area contributed by atoms with Gasteiger partial charge in [-0.25, -0.2) is 0 Å². The molecule has 0 radical (unpaired) electrons. The molecule has 8 heterocycles. The normalized spacial score (nSPS) is 26.5. The molecule has 6 saturated heterocycles. The Bertz CT molecular complexity index is 3750. The molecular weight excluding hydrogens is 1770 g/mol. The van der Waals surface area contributed by atoms with Crippen LogP contribution in [-0.2, 0) is 29.0 Å². The van der Waals surface area contributed by atoms with Crippen LogP contribution in [0.3, 0.4) is 0 Å². The fourth-order valence-electron chi connectivity index (χ4n) is 31.0. The zero-order valence-electron chi connectivity index (χ0n) is 96.4. The molecule has 6 saturated carbocycles. The lowest BCUT2D eigenvalue weighted by atomic mass is 9.73. The molecule has 6 aliphatic carbocycles. The van der Waals surface area contributed by atoms with E-state index < -0.39 is 0 Å². The van der Waals surface area contributed by atoms with Gasteiger partial charge in [0.05, 0.1) is 36.6 Å². The van der Waals surface area contributed by atoms with Crippen molar-refractivity contribution in [1.82, 2.24) is 60.3 Å². The van der Waals surface area contributed by atoms with Crippen molar-refractivity contribution in [3.63, 3.8) is 0 Å². The van der Waals surface area contributed by atoms with Crippen LogP contribution < -0.4 is 30.2 Å². The molecule has 2 aromatic rings. The van der Waals surface area contributed by atoms with Crippen molar-refractivity contribution in [3.05, 3.63) is 0 Å². The number of aromatic nitrogens is 6. The van der Waals surface area contributed by atoms with Gasteiger partial charge in [-0.05, 0) is 371 Å². The smallest absolute Gasteiger partial charge is 0.232 e. The highest BCUT2D eigenvalue weighted by atomic mass is 16.7. The third-order valence-corrected chi connectivity index (χ3v) is 36.2. The van der Waals surface area contributed by atoms with Crippen LogP contribution in [0, 0.1) is 11.8 Å². The molecule has 24 heteroatoms. The fraction of sp³-hybridized carbons (Fsp3) is 0.949. The van der Waals surface area contributed by atoms with Gasteiger partial charge in [0.2, 0.25) is 35.7 Å². The number of nitrogens with zero attached hydrogens (tertiary/aromatic N) is 16. The first-order valence-corrected chi connectivity index (χ1v) is 60.0.